The lowest BCUT2D eigenvalue weighted by Crippen LogP contribution is -2.21. The molecule has 120 valence electrons. The molecule has 1 heterocycles. The van der Waals surface area contributed by atoms with Crippen molar-refractivity contribution in [2.75, 3.05) is 25.1 Å². The molecule has 1 N–H and O–H groups in total. The predicted octanol–water partition coefficient (Wildman–Crippen LogP) is 3.78. The summed E-state index contributed by atoms with van der Waals surface area (Å²) in [5.41, 5.74) is 0.602. The van der Waals surface area contributed by atoms with Crippen molar-refractivity contribution >= 4 is 34.8 Å². The smallest absolute Gasteiger partial charge is 0.262 e. The van der Waals surface area contributed by atoms with Crippen LogP contribution in [-0.4, -0.2) is 25.7 Å². The topological polar surface area (TPSA) is 56.8 Å². The number of nitrogens with one attached hydrogen (secondary N) is 1. The van der Waals surface area contributed by atoms with Gasteiger partial charge in [0.25, 0.3) is 5.91 Å². The number of halogens is 2. The number of hydrogen-bond donors (Lipinski definition) is 1. The summed E-state index contributed by atoms with van der Waals surface area (Å²) in [6, 6.07) is 10.0. The van der Waals surface area contributed by atoms with Crippen LogP contribution in [0, 0.1) is 0 Å². The zero-order valence-electron chi connectivity index (χ0n) is 12.0. The number of ether oxygens (including phenoxy) is 3. The average molecular weight is 354 g/mol. The zero-order chi connectivity index (χ0) is 16.2. The third kappa shape index (κ3) is 4.00. The van der Waals surface area contributed by atoms with Crippen molar-refractivity contribution in [2.45, 2.75) is 0 Å². The van der Waals surface area contributed by atoms with Gasteiger partial charge >= 0.3 is 0 Å². The molecular formula is C16H13Cl2NO4. The molecule has 0 bridgehead atoms. The van der Waals surface area contributed by atoms with Crippen molar-refractivity contribution in [1.82, 2.24) is 0 Å². The van der Waals surface area contributed by atoms with E-state index in [-0.39, 0.29) is 12.5 Å². The van der Waals surface area contributed by atoms with Gasteiger partial charge in [0.05, 0.1) is 5.02 Å². The Bertz CT molecular complexity index is 736. The minimum Gasteiger partial charge on any atom is -0.486 e. The van der Waals surface area contributed by atoms with Gasteiger partial charge in [-0.15, -0.1) is 0 Å². The normalized spacial score (nSPS) is 12.6. The number of carbonyl (C=O) groups is 1. The van der Waals surface area contributed by atoms with Crippen LogP contribution in [0.1, 0.15) is 0 Å². The molecule has 7 heteroatoms. The molecule has 5 nitrogen and oxygen atoms in total. The van der Waals surface area contributed by atoms with Gasteiger partial charge in [-0.05, 0) is 30.3 Å². The van der Waals surface area contributed by atoms with Crippen molar-refractivity contribution < 1.29 is 19.0 Å². The first-order chi connectivity index (χ1) is 11.1. The average Bonchev–Trinajstić information content (AvgIpc) is 2.54. The molecule has 1 aliphatic heterocycles. The molecule has 0 fully saturated rings. The van der Waals surface area contributed by atoms with Crippen molar-refractivity contribution in [2.24, 2.45) is 0 Å². The third-order valence-electron chi connectivity index (χ3n) is 3.08. The summed E-state index contributed by atoms with van der Waals surface area (Å²) >= 11 is 11.8. The lowest BCUT2D eigenvalue weighted by Gasteiger charge is -2.19. The molecule has 0 radical (unpaired) electrons. The summed E-state index contributed by atoms with van der Waals surface area (Å²) in [6.45, 7) is 0.840. The monoisotopic (exact) mass is 353 g/mol. The van der Waals surface area contributed by atoms with Gasteiger partial charge in [0.15, 0.2) is 18.1 Å². The second-order valence-electron chi connectivity index (χ2n) is 4.77. The third-order valence-corrected chi connectivity index (χ3v) is 3.61. The van der Waals surface area contributed by atoms with Gasteiger partial charge in [-0.3, -0.25) is 4.79 Å². The van der Waals surface area contributed by atoms with E-state index in [1.807, 2.05) is 0 Å². The van der Waals surface area contributed by atoms with Gasteiger partial charge in [-0.2, -0.15) is 0 Å². The number of anilines is 1. The number of benzene rings is 2. The lowest BCUT2D eigenvalue weighted by atomic mass is 10.2. The molecule has 3 rings (SSSR count). The summed E-state index contributed by atoms with van der Waals surface area (Å²) in [7, 11) is 0. The van der Waals surface area contributed by atoms with E-state index in [0.717, 1.165) is 0 Å². The summed E-state index contributed by atoms with van der Waals surface area (Å²) in [5, 5.41) is 3.58. The molecule has 0 aliphatic carbocycles. The molecular weight excluding hydrogens is 341 g/mol. The summed E-state index contributed by atoms with van der Waals surface area (Å²) < 4.78 is 16.3. The van der Waals surface area contributed by atoms with E-state index in [0.29, 0.717) is 46.2 Å². The molecule has 1 aliphatic rings. The first-order valence-electron chi connectivity index (χ1n) is 6.89. The van der Waals surface area contributed by atoms with E-state index >= 15 is 0 Å². The van der Waals surface area contributed by atoms with Gasteiger partial charge in [-0.1, -0.05) is 23.2 Å². The van der Waals surface area contributed by atoms with Gasteiger partial charge in [-0.25, -0.2) is 0 Å². The SMILES string of the molecule is O=C(COc1ccc(Cl)cc1Cl)Nc1ccc2c(c1)OCCO2. The van der Waals surface area contributed by atoms with Crippen LogP contribution in [0.5, 0.6) is 17.2 Å². The summed E-state index contributed by atoms with van der Waals surface area (Å²) in [5.74, 6) is 1.36. The highest BCUT2D eigenvalue weighted by atomic mass is 35.5. The first-order valence-corrected chi connectivity index (χ1v) is 7.65. The van der Waals surface area contributed by atoms with Crippen LogP contribution in [0.25, 0.3) is 0 Å². The second kappa shape index (κ2) is 6.98. The fourth-order valence-corrected chi connectivity index (χ4v) is 2.52. The van der Waals surface area contributed by atoms with Crippen LogP contribution >= 0.6 is 23.2 Å². The molecule has 2 aromatic carbocycles. The zero-order valence-corrected chi connectivity index (χ0v) is 13.5. The Kier molecular flexibility index (Phi) is 4.79. The van der Waals surface area contributed by atoms with Crippen molar-refractivity contribution in [3.8, 4) is 17.2 Å². The van der Waals surface area contributed by atoms with E-state index in [1.54, 1.807) is 36.4 Å². The Morgan fingerprint density at radius 1 is 1.09 bits per heavy atom. The van der Waals surface area contributed by atoms with E-state index in [9.17, 15) is 4.79 Å². The molecule has 0 saturated heterocycles. The van der Waals surface area contributed by atoms with Gasteiger partial charge in [0, 0.05) is 16.8 Å². The summed E-state index contributed by atoms with van der Waals surface area (Å²) in [4.78, 5) is 12.0. The lowest BCUT2D eigenvalue weighted by molar-refractivity contribution is -0.118. The number of fused-ring (bicyclic) bond motifs is 1. The van der Waals surface area contributed by atoms with Crippen LogP contribution in [0.4, 0.5) is 5.69 Å². The number of amides is 1. The minimum atomic E-state index is -0.312. The standard InChI is InChI=1S/C16H13Cl2NO4/c17-10-1-3-13(12(18)7-10)23-9-16(20)19-11-2-4-14-15(8-11)22-6-5-21-14/h1-4,7-8H,5-6,9H2,(H,19,20). The Hall–Kier alpha value is -2.11. The van der Waals surface area contributed by atoms with Gasteiger partial charge in [0.2, 0.25) is 0 Å². The fourth-order valence-electron chi connectivity index (χ4n) is 2.05. The minimum absolute atomic E-state index is 0.171. The van der Waals surface area contributed by atoms with Gasteiger partial charge < -0.3 is 19.5 Å². The maximum Gasteiger partial charge on any atom is 0.262 e. The van der Waals surface area contributed by atoms with E-state index in [4.69, 9.17) is 37.4 Å². The molecule has 0 unspecified atom stereocenters. The fraction of sp³-hybridized carbons (Fsp3) is 0.188. The van der Waals surface area contributed by atoms with E-state index in [2.05, 4.69) is 5.32 Å². The van der Waals surface area contributed by atoms with Crippen LogP contribution in [-0.2, 0) is 4.79 Å². The molecule has 2 aromatic rings. The van der Waals surface area contributed by atoms with Crippen molar-refractivity contribution in [3.05, 3.63) is 46.4 Å². The number of carbonyl (C=O) groups excluding carboxylic acids is 1. The Labute approximate surface area is 143 Å². The molecule has 0 spiro atoms. The Morgan fingerprint density at radius 3 is 2.65 bits per heavy atom. The molecule has 0 saturated carbocycles. The van der Waals surface area contributed by atoms with Crippen LogP contribution in [0.2, 0.25) is 10.0 Å². The number of hydrogen-bond acceptors (Lipinski definition) is 4. The van der Waals surface area contributed by atoms with Crippen molar-refractivity contribution in [3.63, 3.8) is 0 Å². The van der Waals surface area contributed by atoms with Crippen molar-refractivity contribution in [1.29, 1.82) is 0 Å². The van der Waals surface area contributed by atoms with E-state index < -0.39 is 0 Å². The van der Waals surface area contributed by atoms with Crippen LogP contribution in [0.15, 0.2) is 36.4 Å². The molecule has 1 amide bonds. The maximum absolute atomic E-state index is 12.0. The molecule has 23 heavy (non-hydrogen) atoms. The quantitative estimate of drug-likeness (QED) is 0.908. The summed E-state index contributed by atoms with van der Waals surface area (Å²) in [6.07, 6.45) is 0. The van der Waals surface area contributed by atoms with Gasteiger partial charge in [0.1, 0.15) is 19.0 Å². The Balaban J connectivity index is 1.59. The van der Waals surface area contributed by atoms with Crippen LogP contribution < -0.4 is 19.5 Å². The van der Waals surface area contributed by atoms with Crippen LogP contribution in [0.3, 0.4) is 0 Å². The predicted molar refractivity (Wildman–Crippen MR) is 88.0 cm³/mol. The highest BCUT2D eigenvalue weighted by Crippen LogP contribution is 2.32. The number of rotatable bonds is 4. The maximum atomic E-state index is 12.0. The largest absolute Gasteiger partial charge is 0.486 e. The first kappa shape index (κ1) is 15.8. The van der Waals surface area contributed by atoms with E-state index in [1.165, 1.54) is 0 Å². The second-order valence-corrected chi connectivity index (χ2v) is 5.61. The Morgan fingerprint density at radius 2 is 1.87 bits per heavy atom. The highest BCUT2D eigenvalue weighted by molar-refractivity contribution is 6.35. The molecule has 0 atom stereocenters. The molecule has 0 aromatic heterocycles. The highest BCUT2D eigenvalue weighted by Gasteiger charge is 2.13.